The van der Waals surface area contributed by atoms with Crippen LogP contribution in [0.3, 0.4) is 0 Å². The molecule has 0 heterocycles. The molecule has 0 aromatic heterocycles. The van der Waals surface area contributed by atoms with Gasteiger partial charge in [-0.3, -0.25) is 0 Å². The van der Waals surface area contributed by atoms with Gasteiger partial charge in [-0.1, -0.05) is 0 Å². The van der Waals surface area contributed by atoms with Crippen LogP contribution in [-0.4, -0.2) is 113 Å². The van der Waals surface area contributed by atoms with Gasteiger partial charge in [0.25, 0.3) is 0 Å². The molecule has 0 rings (SSSR count). The molecule has 0 saturated carbocycles. The van der Waals surface area contributed by atoms with E-state index in [1.54, 1.807) is 0 Å². The summed E-state index contributed by atoms with van der Waals surface area (Å²) in [6.07, 6.45) is 0. The SMILES string of the molecule is N.O=P([O-])([O-])[O-].[Ca+2].[Ca+2].[Ca+2]. The van der Waals surface area contributed by atoms with Gasteiger partial charge in [0.15, 0.2) is 0 Å². The summed E-state index contributed by atoms with van der Waals surface area (Å²) in [5, 5.41) is 0. The van der Waals surface area contributed by atoms with Crippen molar-refractivity contribution < 1.29 is 19.2 Å². The van der Waals surface area contributed by atoms with Gasteiger partial charge < -0.3 is 25.4 Å². The van der Waals surface area contributed by atoms with E-state index < -0.39 is 7.82 Å². The third-order valence-electron chi connectivity index (χ3n) is 0. The monoisotopic (exact) mass is 232 g/mol. The molecule has 40 valence electrons. The molecule has 0 aromatic rings. The van der Waals surface area contributed by atoms with Crippen LogP contribution in [0.4, 0.5) is 0 Å². The van der Waals surface area contributed by atoms with Crippen LogP contribution in [0, 0.1) is 0 Å². The van der Waals surface area contributed by atoms with E-state index in [1.807, 2.05) is 0 Å². The molecule has 5 nitrogen and oxygen atoms in total. The van der Waals surface area contributed by atoms with Crippen molar-refractivity contribution in [2.24, 2.45) is 0 Å². The normalized spacial score (nSPS) is 6.56. The first kappa shape index (κ1) is 29.3. The van der Waals surface area contributed by atoms with Crippen LogP contribution in [0.25, 0.3) is 0 Å². The minimum absolute atomic E-state index is 0. The van der Waals surface area contributed by atoms with Crippen LogP contribution in [0.2, 0.25) is 0 Å². The van der Waals surface area contributed by atoms with Crippen molar-refractivity contribution in [3.05, 3.63) is 0 Å². The Morgan fingerprint density at radius 2 is 0.889 bits per heavy atom. The minimum atomic E-state index is -5.39. The largest absolute Gasteiger partial charge is 2.00 e. The molecule has 0 atom stereocenters. The number of rotatable bonds is 0. The average molecular weight is 232 g/mol. The fraction of sp³-hybridized carbons (Fsp3) is 0. The number of phosphoric acid groups is 1. The van der Waals surface area contributed by atoms with E-state index in [-0.39, 0.29) is 119 Å². The number of hydrogen-bond donors (Lipinski definition) is 1. The van der Waals surface area contributed by atoms with Crippen LogP contribution in [0.15, 0.2) is 0 Å². The third kappa shape index (κ3) is 77.6. The van der Waals surface area contributed by atoms with E-state index >= 15 is 0 Å². The van der Waals surface area contributed by atoms with Crippen LogP contribution in [-0.2, 0) is 4.57 Å². The fourth-order valence-electron chi connectivity index (χ4n) is 0. The first-order chi connectivity index (χ1) is 2.00. The predicted octanol–water partition coefficient (Wildman–Crippen LogP) is -3.80. The zero-order chi connectivity index (χ0) is 4.50. The molecule has 0 aromatic carbocycles. The second-order valence-electron chi connectivity index (χ2n) is 0.447. The first-order valence-corrected chi connectivity index (χ1v) is 2.19. The van der Waals surface area contributed by atoms with Crippen LogP contribution in [0.5, 0.6) is 0 Å². The molecule has 0 aliphatic rings. The molecule has 0 fully saturated rings. The summed E-state index contributed by atoms with van der Waals surface area (Å²) in [7, 11) is -5.39. The topological polar surface area (TPSA) is 121 Å². The van der Waals surface area contributed by atoms with Gasteiger partial charge in [0.05, 0.1) is 0 Å². The third-order valence-corrected chi connectivity index (χ3v) is 0. The Morgan fingerprint density at radius 1 is 0.889 bits per heavy atom. The molecule has 0 spiro atoms. The van der Waals surface area contributed by atoms with E-state index in [0.29, 0.717) is 0 Å². The Labute approximate surface area is 143 Å². The summed E-state index contributed by atoms with van der Waals surface area (Å²) in [5.41, 5.74) is 0. The van der Waals surface area contributed by atoms with Crippen molar-refractivity contribution in [3.8, 4) is 0 Å². The van der Waals surface area contributed by atoms with Gasteiger partial charge in [0, 0.05) is 0 Å². The maximum atomic E-state index is 8.55. The van der Waals surface area contributed by atoms with Crippen molar-refractivity contribution in [1.82, 2.24) is 6.15 Å². The zero-order valence-corrected chi connectivity index (χ0v) is 12.4. The summed E-state index contributed by atoms with van der Waals surface area (Å²) in [6, 6.07) is 0. The van der Waals surface area contributed by atoms with Crippen LogP contribution >= 0.6 is 7.82 Å². The van der Waals surface area contributed by atoms with E-state index in [2.05, 4.69) is 0 Å². The minimum Gasteiger partial charge on any atom is -0.822 e. The Morgan fingerprint density at radius 3 is 0.889 bits per heavy atom. The van der Waals surface area contributed by atoms with Crippen molar-refractivity contribution in [2.75, 3.05) is 0 Å². The van der Waals surface area contributed by atoms with Gasteiger partial charge in [0.1, 0.15) is 0 Å². The van der Waals surface area contributed by atoms with Crippen molar-refractivity contribution >= 4 is 121 Å². The Bertz CT molecular complexity index is 61.9. The molecule has 9 heteroatoms. The molecular formula is H3Ca3NO4P+3. The van der Waals surface area contributed by atoms with Gasteiger partial charge in [-0.05, 0) is 0 Å². The van der Waals surface area contributed by atoms with E-state index in [4.69, 9.17) is 19.2 Å². The second-order valence-corrected chi connectivity index (χ2v) is 1.34. The predicted molar refractivity (Wildman–Crippen MR) is 29.9 cm³/mol. The average Bonchev–Trinajstić information content (AvgIpc) is 0.722. The maximum Gasteiger partial charge on any atom is 2.00 e. The van der Waals surface area contributed by atoms with Gasteiger partial charge in [-0.25, -0.2) is 0 Å². The van der Waals surface area contributed by atoms with E-state index in [1.165, 1.54) is 0 Å². The van der Waals surface area contributed by atoms with Gasteiger partial charge in [-0.2, -0.15) is 7.82 Å². The van der Waals surface area contributed by atoms with Crippen LogP contribution in [0.1, 0.15) is 0 Å². The van der Waals surface area contributed by atoms with E-state index in [9.17, 15) is 0 Å². The molecule has 0 aliphatic carbocycles. The number of hydrogen-bond acceptors (Lipinski definition) is 5. The van der Waals surface area contributed by atoms with Gasteiger partial charge in [0.2, 0.25) is 0 Å². The molecule has 0 saturated heterocycles. The summed E-state index contributed by atoms with van der Waals surface area (Å²) in [5.74, 6) is 0. The van der Waals surface area contributed by atoms with Crippen LogP contribution < -0.4 is 20.8 Å². The van der Waals surface area contributed by atoms with Crippen molar-refractivity contribution in [1.29, 1.82) is 0 Å². The Hall–Kier alpha value is 3.85. The zero-order valence-electron chi connectivity index (χ0n) is 4.91. The van der Waals surface area contributed by atoms with Gasteiger partial charge >= 0.3 is 113 Å². The molecule has 9 heavy (non-hydrogen) atoms. The smallest absolute Gasteiger partial charge is 0.822 e. The maximum absolute atomic E-state index is 8.55. The van der Waals surface area contributed by atoms with Gasteiger partial charge in [-0.15, -0.1) is 0 Å². The molecule has 0 aliphatic heterocycles. The summed E-state index contributed by atoms with van der Waals surface area (Å²) in [6.45, 7) is 0. The fourth-order valence-corrected chi connectivity index (χ4v) is 0. The Balaban J connectivity index is -0.0000000133. The quantitative estimate of drug-likeness (QED) is 0.339. The molecule has 0 amide bonds. The Kier molecular flexibility index (Phi) is 46.8. The van der Waals surface area contributed by atoms with Crippen molar-refractivity contribution in [3.63, 3.8) is 0 Å². The van der Waals surface area contributed by atoms with E-state index in [0.717, 1.165) is 0 Å². The summed E-state index contributed by atoms with van der Waals surface area (Å²) < 4.78 is 8.55. The summed E-state index contributed by atoms with van der Waals surface area (Å²) >= 11 is 0. The summed E-state index contributed by atoms with van der Waals surface area (Å²) in [4.78, 5) is 25.6. The molecule has 0 bridgehead atoms. The molecular weight excluding hydrogens is 229 g/mol. The first-order valence-electron chi connectivity index (χ1n) is 0.730. The molecule has 0 radical (unpaired) electrons. The molecule has 3 N–H and O–H groups in total. The van der Waals surface area contributed by atoms with Crippen molar-refractivity contribution in [2.45, 2.75) is 0 Å². The second kappa shape index (κ2) is 14.4. The standard InChI is InChI=1S/3Ca.H3N.H3O4P/c;;;;1-5(2,3)4/h;;;1H3;(H3,1,2,3,4)/q3*+2;;/p-3. The molecule has 0 unspecified atom stereocenters.